The third-order valence-corrected chi connectivity index (χ3v) is 6.26. The largest absolute Gasteiger partial charge is 0.495 e. The standard InChI is InChI=1S/C18H21F3N2O4S/c1-26-15-9-8-12(14-11-17(27-22-14)18(19,20)21)10-16(15)28(24,25)23-13-6-4-2-3-5-7-13/h8-11,13,23H,2-7H2,1H3. The Morgan fingerprint density at radius 3 is 2.39 bits per heavy atom. The highest BCUT2D eigenvalue weighted by Crippen LogP contribution is 2.34. The van der Waals surface area contributed by atoms with Crippen LogP contribution in [0.4, 0.5) is 13.2 Å². The lowest BCUT2D eigenvalue weighted by Crippen LogP contribution is -2.34. The number of hydrogen-bond donors (Lipinski definition) is 1. The quantitative estimate of drug-likeness (QED) is 0.730. The van der Waals surface area contributed by atoms with Crippen LogP contribution in [0.15, 0.2) is 33.7 Å². The Balaban J connectivity index is 1.93. The third kappa shape index (κ3) is 4.67. The summed E-state index contributed by atoms with van der Waals surface area (Å²) >= 11 is 0. The molecular formula is C18H21F3N2O4S. The molecule has 6 nitrogen and oxygen atoms in total. The second kappa shape index (κ2) is 8.12. The van der Waals surface area contributed by atoms with Crippen molar-refractivity contribution in [3.63, 3.8) is 0 Å². The Bertz CT molecular complexity index is 917. The van der Waals surface area contributed by atoms with E-state index in [1.807, 2.05) is 0 Å². The SMILES string of the molecule is COc1ccc(-c2cc(C(F)(F)F)on2)cc1S(=O)(=O)NC1CCCCCC1. The van der Waals surface area contributed by atoms with E-state index >= 15 is 0 Å². The van der Waals surface area contributed by atoms with Crippen LogP contribution in [0.2, 0.25) is 0 Å². The number of hydrogen-bond acceptors (Lipinski definition) is 5. The molecule has 0 radical (unpaired) electrons. The summed E-state index contributed by atoms with van der Waals surface area (Å²) in [5.41, 5.74) is 0.0715. The van der Waals surface area contributed by atoms with Gasteiger partial charge in [0.2, 0.25) is 15.8 Å². The molecule has 154 valence electrons. The van der Waals surface area contributed by atoms with E-state index in [-0.39, 0.29) is 27.9 Å². The maximum atomic E-state index is 12.9. The normalized spacial score (nSPS) is 16.7. The lowest BCUT2D eigenvalue weighted by Gasteiger charge is -2.18. The number of nitrogens with one attached hydrogen (secondary N) is 1. The van der Waals surface area contributed by atoms with Crippen molar-refractivity contribution in [2.24, 2.45) is 0 Å². The Morgan fingerprint density at radius 2 is 1.82 bits per heavy atom. The fourth-order valence-electron chi connectivity index (χ4n) is 3.27. The summed E-state index contributed by atoms with van der Waals surface area (Å²) in [7, 11) is -2.60. The van der Waals surface area contributed by atoms with E-state index < -0.39 is 22.0 Å². The minimum Gasteiger partial charge on any atom is -0.495 e. The van der Waals surface area contributed by atoms with E-state index in [1.165, 1.54) is 25.3 Å². The number of nitrogens with zero attached hydrogens (tertiary/aromatic N) is 1. The number of alkyl halides is 3. The fraction of sp³-hybridized carbons (Fsp3) is 0.500. The van der Waals surface area contributed by atoms with Crippen LogP contribution in [-0.2, 0) is 16.2 Å². The van der Waals surface area contributed by atoms with Gasteiger partial charge in [-0.3, -0.25) is 0 Å². The first kappa shape index (κ1) is 20.7. The molecule has 1 saturated carbocycles. The zero-order valence-corrected chi connectivity index (χ0v) is 16.1. The first-order valence-electron chi connectivity index (χ1n) is 8.95. The summed E-state index contributed by atoms with van der Waals surface area (Å²) in [6, 6.07) is 4.62. The molecule has 0 amide bonds. The van der Waals surface area contributed by atoms with Gasteiger partial charge in [-0.25, -0.2) is 13.1 Å². The molecule has 0 bridgehead atoms. The number of benzene rings is 1. The Hall–Kier alpha value is -2.07. The number of sulfonamides is 1. The Kier molecular flexibility index (Phi) is 5.99. The smallest absolute Gasteiger partial charge is 0.452 e. The molecule has 1 aliphatic rings. The highest BCUT2D eigenvalue weighted by molar-refractivity contribution is 7.89. The monoisotopic (exact) mass is 418 g/mol. The molecule has 1 aromatic carbocycles. The molecule has 10 heteroatoms. The molecule has 0 atom stereocenters. The predicted octanol–water partition coefficient (Wildman–Crippen LogP) is 4.37. The van der Waals surface area contributed by atoms with Gasteiger partial charge < -0.3 is 9.26 Å². The maximum Gasteiger partial charge on any atom is 0.452 e. The van der Waals surface area contributed by atoms with E-state index in [9.17, 15) is 21.6 Å². The van der Waals surface area contributed by atoms with Gasteiger partial charge in [0.15, 0.2) is 0 Å². The summed E-state index contributed by atoms with van der Waals surface area (Å²) in [4.78, 5) is -0.145. The lowest BCUT2D eigenvalue weighted by molar-refractivity contribution is -0.155. The van der Waals surface area contributed by atoms with Crippen molar-refractivity contribution in [1.29, 1.82) is 0 Å². The summed E-state index contributed by atoms with van der Waals surface area (Å²) < 4.78 is 76.3. The van der Waals surface area contributed by atoms with Gasteiger partial charge in [0.25, 0.3) is 0 Å². The Morgan fingerprint density at radius 1 is 1.14 bits per heavy atom. The zero-order chi connectivity index (χ0) is 20.4. The summed E-state index contributed by atoms with van der Waals surface area (Å²) in [5, 5.41) is 3.41. The first-order valence-corrected chi connectivity index (χ1v) is 10.4. The lowest BCUT2D eigenvalue weighted by atomic mass is 10.1. The molecule has 0 spiro atoms. The predicted molar refractivity (Wildman–Crippen MR) is 95.3 cm³/mol. The van der Waals surface area contributed by atoms with Crippen LogP contribution in [0.3, 0.4) is 0 Å². The minimum atomic E-state index is -4.67. The highest BCUT2D eigenvalue weighted by atomic mass is 32.2. The average molecular weight is 418 g/mol. The minimum absolute atomic E-state index is 0.101. The van der Waals surface area contributed by atoms with Gasteiger partial charge in [0.1, 0.15) is 16.3 Å². The van der Waals surface area contributed by atoms with Crippen LogP contribution in [0.5, 0.6) is 5.75 Å². The van der Waals surface area contributed by atoms with E-state index in [4.69, 9.17) is 4.74 Å². The van der Waals surface area contributed by atoms with Crippen molar-refractivity contribution in [2.75, 3.05) is 7.11 Å². The molecule has 1 fully saturated rings. The number of methoxy groups -OCH3 is 1. The van der Waals surface area contributed by atoms with Gasteiger partial charge in [-0.15, -0.1) is 0 Å². The second-order valence-corrected chi connectivity index (χ2v) is 8.43. The van der Waals surface area contributed by atoms with Crippen molar-refractivity contribution in [3.8, 4) is 17.0 Å². The van der Waals surface area contributed by atoms with E-state index in [2.05, 4.69) is 14.4 Å². The molecule has 1 aromatic heterocycles. The zero-order valence-electron chi connectivity index (χ0n) is 15.3. The molecule has 3 rings (SSSR count). The van der Waals surface area contributed by atoms with Crippen LogP contribution in [-0.4, -0.2) is 26.7 Å². The maximum absolute atomic E-state index is 12.9. The van der Waals surface area contributed by atoms with Crippen molar-refractivity contribution in [3.05, 3.63) is 30.0 Å². The van der Waals surface area contributed by atoms with E-state index in [0.717, 1.165) is 44.6 Å². The highest BCUT2D eigenvalue weighted by Gasteiger charge is 2.36. The molecule has 2 aromatic rings. The summed E-state index contributed by atoms with van der Waals surface area (Å²) in [6.45, 7) is 0. The summed E-state index contributed by atoms with van der Waals surface area (Å²) in [6.07, 6.45) is 0.870. The average Bonchev–Trinajstić information content (AvgIpc) is 3.02. The fourth-order valence-corrected chi connectivity index (χ4v) is 4.77. The van der Waals surface area contributed by atoms with Crippen molar-refractivity contribution >= 4 is 10.0 Å². The molecular weight excluding hydrogens is 397 g/mol. The van der Waals surface area contributed by atoms with Gasteiger partial charge in [-0.05, 0) is 31.0 Å². The van der Waals surface area contributed by atoms with Gasteiger partial charge in [0, 0.05) is 17.7 Å². The Labute approximate surface area is 161 Å². The number of rotatable bonds is 5. The number of halogens is 3. The van der Waals surface area contributed by atoms with Crippen molar-refractivity contribution in [2.45, 2.75) is 55.6 Å². The number of ether oxygens (including phenoxy) is 1. The molecule has 1 heterocycles. The van der Waals surface area contributed by atoms with Gasteiger partial charge in [0.05, 0.1) is 7.11 Å². The van der Waals surface area contributed by atoms with E-state index in [1.54, 1.807) is 0 Å². The third-order valence-electron chi connectivity index (χ3n) is 4.72. The van der Waals surface area contributed by atoms with Gasteiger partial charge >= 0.3 is 6.18 Å². The molecule has 0 unspecified atom stereocenters. The first-order chi connectivity index (χ1) is 13.2. The topological polar surface area (TPSA) is 81.4 Å². The molecule has 0 saturated heterocycles. The van der Waals surface area contributed by atoms with Crippen molar-refractivity contribution < 1.29 is 30.8 Å². The second-order valence-electron chi connectivity index (χ2n) is 6.75. The molecule has 28 heavy (non-hydrogen) atoms. The number of aromatic nitrogens is 1. The van der Waals surface area contributed by atoms with Crippen LogP contribution in [0.25, 0.3) is 11.3 Å². The summed E-state index contributed by atoms with van der Waals surface area (Å²) in [5.74, 6) is -1.15. The van der Waals surface area contributed by atoms with Crippen LogP contribution >= 0.6 is 0 Å². The molecule has 1 aliphatic carbocycles. The van der Waals surface area contributed by atoms with E-state index in [0.29, 0.717) is 0 Å². The van der Waals surface area contributed by atoms with Crippen molar-refractivity contribution in [1.82, 2.24) is 9.88 Å². The van der Waals surface area contributed by atoms with Crippen LogP contribution < -0.4 is 9.46 Å². The van der Waals surface area contributed by atoms with Crippen LogP contribution in [0.1, 0.15) is 44.3 Å². The van der Waals surface area contributed by atoms with Gasteiger partial charge in [-0.2, -0.15) is 13.2 Å². The molecule has 0 aliphatic heterocycles. The van der Waals surface area contributed by atoms with Crippen LogP contribution in [0, 0.1) is 0 Å². The molecule has 1 N–H and O–H groups in total. The van der Waals surface area contributed by atoms with Gasteiger partial charge in [-0.1, -0.05) is 30.8 Å².